The fourth-order valence-corrected chi connectivity index (χ4v) is 8.37. The SMILES string of the molecule is O=C(/C=C/c1ccc(O)c(O)c1)OC[C@H]1O[C@@H](O[C@H]2[C@H](OC3=Cc4c(cc(O)cc4O[C@@H]4O[C@H](CO)[C@@H](O)[C@H](O)[C@H]4O)OC3c3ccc(O)cc3)O[C@H](COC(=O)/C=C/c3ccc(O)c(O)c3)[C@@H](O)[C@@H]2O)[C@H](O)[C@@H](O)[C@@H]1O. The second-order valence-corrected chi connectivity index (χ2v) is 18.0. The highest BCUT2D eigenvalue weighted by Gasteiger charge is 2.53. The van der Waals surface area contributed by atoms with E-state index in [1.165, 1.54) is 66.8 Å². The molecule has 16 atom stereocenters. The third-order valence-corrected chi connectivity index (χ3v) is 12.6. The van der Waals surface area contributed by atoms with Crippen LogP contribution in [0.4, 0.5) is 0 Å². The molecule has 0 amide bonds. The molecule has 3 fully saturated rings. The lowest BCUT2D eigenvalue weighted by Gasteiger charge is -2.46. The third-order valence-electron chi connectivity index (χ3n) is 12.6. The Morgan fingerprint density at radius 1 is 0.519 bits per heavy atom. The first kappa shape index (κ1) is 55.9. The molecular weight excluding hydrogens is 1030 g/mol. The number of phenols is 6. The zero-order valence-electron chi connectivity index (χ0n) is 39.9. The van der Waals surface area contributed by atoms with Crippen LogP contribution in [-0.4, -0.2) is 200 Å². The van der Waals surface area contributed by atoms with Crippen LogP contribution >= 0.6 is 0 Å². The normalized spacial score (nSPS) is 31.2. The first-order valence-corrected chi connectivity index (χ1v) is 23.5. The summed E-state index contributed by atoms with van der Waals surface area (Å²) in [6.45, 7) is -2.39. The van der Waals surface area contributed by atoms with E-state index in [4.69, 9.17) is 42.6 Å². The average Bonchev–Trinajstić information content (AvgIpc) is 3.42. The van der Waals surface area contributed by atoms with Crippen LogP contribution in [-0.2, 0) is 42.7 Å². The summed E-state index contributed by atoms with van der Waals surface area (Å²) in [5.41, 5.74) is 0.748. The highest BCUT2D eigenvalue weighted by atomic mass is 16.8. The minimum Gasteiger partial charge on any atom is -0.508 e. The average molecular weight is 1080 g/mol. The molecular formula is C51H54O26. The van der Waals surface area contributed by atoms with E-state index in [0.29, 0.717) is 0 Å². The summed E-state index contributed by atoms with van der Waals surface area (Å²) in [4.78, 5) is 25.7. The summed E-state index contributed by atoms with van der Waals surface area (Å²) < 4.78 is 52.7. The highest BCUT2D eigenvalue weighted by molar-refractivity contribution is 5.87. The lowest BCUT2D eigenvalue weighted by molar-refractivity contribution is -0.364. The molecule has 1 unspecified atom stereocenters. The van der Waals surface area contributed by atoms with E-state index < -0.39 is 159 Å². The first-order chi connectivity index (χ1) is 36.7. The number of benzene rings is 4. The Morgan fingerprint density at radius 2 is 1.04 bits per heavy atom. The molecule has 15 N–H and O–H groups in total. The molecule has 0 saturated carbocycles. The van der Waals surface area contributed by atoms with Crippen molar-refractivity contribution in [3.05, 3.63) is 113 Å². The van der Waals surface area contributed by atoms with Crippen molar-refractivity contribution < 1.29 is 129 Å². The van der Waals surface area contributed by atoms with Gasteiger partial charge >= 0.3 is 11.9 Å². The van der Waals surface area contributed by atoms with Gasteiger partial charge in [0.2, 0.25) is 12.6 Å². The van der Waals surface area contributed by atoms with Crippen molar-refractivity contribution in [2.24, 2.45) is 0 Å². The first-order valence-electron chi connectivity index (χ1n) is 23.5. The minimum atomic E-state index is -2.14. The number of carbonyl (C=O) groups is 2. The predicted octanol–water partition coefficient (Wildman–Crippen LogP) is -1.26. The molecule has 4 aliphatic heterocycles. The largest absolute Gasteiger partial charge is 0.508 e. The number of rotatable bonds is 16. The Kier molecular flexibility index (Phi) is 17.4. The van der Waals surface area contributed by atoms with Gasteiger partial charge in [0.25, 0.3) is 0 Å². The van der Waals surface area contributed by atoms with E-state index in [1.807, 2.05) is 0 Å². The van der Waals surface area contributed by atoms with E-state index in [-0.39, 0.29) is 45.3 Å². The van der Waals surface area contributed by atoms with E-state index in [2.05, 4.69) is 0 Å². The molecule has 4 aromatic rings. The van der Waals surface area contributed by atoms with Crippen molar-refractivity contribution in [2.45, 2.75) is 98.2 Å². The lowest BCUT2D eigenvalue weighted by Crippen LogP contribution is -2.64. The molecule has 4 aromatic carbocycles. The van der Waals surface area contributed by atoms with E-state index in [0.717, 1.165) is 36.4 Å². The molecule has 26 heteroatoms. The zero-order chi connectivity index (χ0) is 55.4. The van der Waals surface area contributed by atoms with Crippen LogP contribution in [0.1, 0.15) is 28.4 Å². The molecule has 0 spiro atoms. The molecule has 77 heavy (non-hydrogen) atoms. The van der Waals surface area contributed by atoms with Gasteiger partial charge in [0.15, 0.2) is 41.5 Å². The minimum absolute atomic E-state index is 0.0607. The zero-order valence-corrected chi connectivity index (χ0v) is 39.9. The number of aromatic hydroxyl groups is 6. The number of phenolic OH excluding ortho intramolecular Hbond substituents is 6. The van der Waals surface area contributed by atoms with Gasteiger partial charge in [0.05, 0.1) is 12.2 Å². The van der Waals surface area contributed by atoms with Crippen molar-refractivity contribution in [1.29, 1.82) is 0 Å². The quantitative estimate of drug-likeness (QED) is 0.0354. The van der Waals surface area contributed by atoms with Crippen LogP contribution in [0.15, 0.2) is 90.7 Å². The standard InChI is InChI=1S/C51H54O26/c52-18-34-39(61)42(64)45(67)49(74-34)72-32-16-25(54)15-31-26(32)17-33(47(71-31)23-5-7-24(53)8-6-23)73-51-48(44(66)41(63)36(76-51)20-70-38(60)12-4-22-2-10-28(56)30(58)14-22)77-50-46(68)43(65)40(62)35(75-50)19-69-37(59)11-3-21-1-9-27(55)29(57)13-21/h1-17,34-36,39-58,61-68H,18-20H2/b11-3+,12-4+/t34-,35-,36-,39-,40-,41-,42+,43+,44+,45-,46-,47?,48-,49-,50+,51-/m1/s1. The van der Waals surface area contributed by atoms with Crippen LogP contribution in [0.2, 0.25) is 0 Å². The smallest absolute Gasteiger partial charge is 0.330 e. The molecule has 0 aliphatic carbocycles. The molecule has 0 bridgehead atoms. The second kappa shape index (κ2) is 23.9. The van der Waals surface area contributed by atoms with Crippen LogP contribution < -0.4 is 9.47 Å². The van der Waals surface area contributed by atoms with Gasteiger partial charge in [-0.25, -0.2) is 9.59 Å². The van der Waals surface area contributed by atoms with Crippen molar-refractivity contribution in [3.8, 4) is 46.0 Å². The van der Waals surface area contributed by atoms with Crippen molar-refractivity contribution in [2.75, 3.05) is 19.8 Å². The number of ether oxygens (including phenoxy) is 9. The Labute approximate surface area is 435 Å². The summed E-state index contributed by atoms with van der Waals surface area (Å²) >= 11 is 0. The second-order valence-electron chi connectivity index (χ2n) is 18.0. The van der Waals surface area contributed by atoms with Crippen LogP contribution in [0.25, 0.3) is 18.2 Å². The molecule has 414 valence electrons. The van der Waals surface area contributed by atoms with Gasteiger partial charge in [0, 0.05) is 29.8 Å². The number of esters is 2. The van der Waals surface area contributed by atoms with Crippen LogP contribution in [0.5, 0.6) is 46.0 Å². The van der Waals surface area contributed by atoms with Gasteiger partial charge < -0.3 is 119 Å². The summed E-state index contributed by atoms with van der Waals surface area (Å²) in [6.07, 6.45) is -24.2. The highest BCUT2D eigenvalue weighted by Crippen LogP contribution is 2.46. The number of hydrogen-bond acceptors (Lipinski definition) is 26. The van der Waals surface area contributed by atoms with Crippen LogP contribution in [0, 0.1) is 0 Å². The Bertz CT molecular complexity index is 2820. The summed E-state index contributed by atoms with van der Waals surface area (Å²) in [7, 11) is 0. The van der Waals surface area contributed by atoms with E-state index >= 15 is 0 Å². The molecule has 8 rings (SSSR count). The fourth-order valence-electron chi connectivity index (χ4n) is 8.37. The van der Waals surface area contributed by atoms with E-state index in [9.17, 15) is 86.2 Å². The maximum absolute atomic E-state index is 12.9. The van der Waals surface area contributed by atoms with Gasteiger partial charge in [-0.05, 0) is 65.8 Å². The van der Waals surface area contributed by atoms with Crippen molar-refractivity contribution >= 4 is 30.2 Å². The summed E-state index contributed by atoms with van der Waals surface area (Å²) in [6, 6.07) is 15.0. The molecule has 4 heterocycles. The molecule has 26 nitrogen and oxygen atoms in total. The Hall–Kier alpha value is -7.28. The van der Waals surface area contributed by atoms with Gasteiger partial charge in [-0.2, -0.15) is 0 Å². The molecule has 0 radical (unpaired) electrons. The topological polar surface area (TPSA) is 421 Å². The number of hydrogen-bond donors (Lipinski definition) is 15. The number of aliphatic hydroxyl groups is 9. The number of fused-ring (bicyclic) bond motifs is 1. The van der Waals surface area contributed by atoms with Crippen molar-refractivity contribution in [1.82, 2.24) is 0 Å². The monoisotopic (exact) mass is 1080 g/mol. The maximum Gasteiger partial charge on any atom is 0.330 e. The molecule has 4 aliphatic rings. The summed E-state index contributed by atoms with van der Waals surface area (Å²) in [5.74, 6) is -5.12. The lowest BCUT2D eigenvalue weighted by atomic mass is 9.97. The Morgan fingerprint density at radius 3 is 1.60 bits per heavy atom. The van der Waals surface area contributed by atoms with Crippen LogP contribution in [0.3, 0.4) is 0 Å². The summed E-state index contributed by atoms with van der Waals surface area (Å²) in [5, 5.41) is 158. The Balaban J connectivity index is 1.10. The third kappa shape index (κ3) is 12.8. The predicted molar refractivity (Wildman–Crippen MR) is 255 cm³/mol. The van der Waals surface area contributed by atoms with Crippen molar-refractivity contribution in [3.63, 3.8) is 0 Å². The van der Waals surface area contributed by atoms with E-state index in [1.54, 1.807) is 0 Å². The number of aliphatic hydroxyl groups excluding tert-OH is 9. The van der Waals surface area contributed by atoms with Gasteiger partial charge in [0.1, 0.15) is 109 Å². The number of carbonyl (C=O) groups excluding carboxylic acids is 2. The van der Waals surface area contributed by atoms with Gasteiger partial charge in [-0.3, -0.25) is 0 Å². The molecule has 3 saturated heterocycles. The van der Waals surface area contributed by atoms with Gasteiger partial charge in [-0.1, -0.05) is 24.3 Å². The fraction of sp³-hybridized carbons (Fsp3) is 0.373. The molecule has 0 aromatic heterocycles. The van der Waals surface area contributed by atoms with Gasteiger partial charge in [-0.15, -0.1) is 0 Å². The maximum atomic E-state index is 12.9.